The van der Waals surface area contributed by atoms with E-state index >= 15 is 0 Å². The second-order valence-corrected chi connectivity index (χ2v) is 8.59. The SMILES string of the molecule is [N-]=[N+]=NCCCOCCNC(=O)CC[C@H](NC(=O)c1ccc(NCc2cnc3nc(N)[nH]c(=O)c3n2)cc1)C(=O)O. The molecule has 0 saturated carbocycles. The van der Waals surface area contributed by atoms with Crippen LogP contribution in [0.4, 0.5) is 11.6 Å². The highest BCUT2D eigenvalue weighted by Crippen LogP contribution is 2.12. The number of hydrogen-bond acceptors (Lipinski definition) is 11. The number of nitrogens with two attached hydrogens (primary N) is 1. The highest BCUT2D eigenvalue weighted by atomic mass is 16.5. The average molecular weight is 568 g/mol. The number of carboxylic acid groups (broad SMARTS) is 1. The summed E-state index contributed by atoms with van der Waals surface area (Å²) >= 11 is 0. The number of nitrogen functional groups attached to an aromatic ring is 1. The topological polar surface area (TPSA) is 263 Å². The smallest absolute Gasteiger partial charge is 0.326 e. The van der Waals surface area contributed by atoms with Gasteiger partial charge in [-0.1, -0.05) is 5.11 Å². The maximum absolute atomic E-state index is 12.6. The molecule has 3 aromatic rings. The summed E-state index contributed by atoms with van der Waals surface area (Å²) in [5.41, 5.74) is 14.7. The van der Waals surface area contributed by atoms with Gasteiger partial charge in [0.05, 0.1) is 25.0 Å². The molecule has 0 unspecified atom stereocenters. The molecule has 2 heterocycles. The zero-order valence-corrected chi connectivity index (χ0v) is 21.9. The number of aromatic nitrogens is 4. The minimum absolute atomic E-state index is 0.0542. The highest BCUT2D eigenvalue weighted by molar-refractivity contribution is 5.97. The number of ether oxygens (including phenoxy) is 1. The summed E-state index contributed by atoms with van der Waals surface area (Å²) in [6, 6.07) is 5.02. The molecule has 1 atom stereocenters. The van der Waals surface area contributed by atoms with Crippen molar-refractivity contribution in [3.63, 3.8) is 0 Å². The number of nitrogens with zero attached hydrogens (tertiary/aromatic N) is 6. The van der Waals surface area contributed by atoms with E-state index in [1.165, 1.54) is 18.3 Å². The Morgan fingerprint density at radius 3 is 2.71 bits per heavy atom. The number of benzene rings is 1. The van der Waals surface area contributed by atoms with Crippen LogP contribution in [0.3, 0.4) is 0 Å². The van der Waals surface area contributed by atoms with Crippen molar-refractivity contribution >= 4 is 40.6 Å². The van der Waals surface area contributed by atoms with Crippen LogP contribution in [0.5, 0.6) is 0 Å². The zero-order chi connectivity index (χ0) is 29.6. The number of azide groups is 1. The molecule has 0 spiro atoms. The minimum atomic E-state index is -1.26. The van der Waals surface area contributed by atoms with Crippen molar-refractivity contribution in [2.75, 3.05) is 37.4 Å². The predicted molar refractivity (Wildman–Crippen MR) is 147 cm³/mol. The van der Waals surface area contributed by atoms with Gasteiger partial charge in [0, 0.05) is 42.3 Å². The number of aliphatic carboxylic acids is 1. The summed E-state index contributed by atoms with van der Waals surface area (Å²) in [7, 11) is 0. The van der Waals surface area contributed by atoms with Crippen LogP contribution >= 0.6 is 0 Å². The molecular weight excluding hydrogens is 538 g/mol. The number of rotatable bonds is 16. The Morgan fingerprint density at radius 1 is 1.20 bits per heavy atom. The van der Waals surface area contributed by atoms with Crippen LogP contribution in [0.15, 0.2) is 40.4 Å². The summed E-state index contributed by atoms with van der Waals surface area (Å²) in [6.45, 7) is 1.43. The van der Waals surface area contributed by atoms with Gasteiger partial charge in [-0.2, -0.15) is 4.98 Å². The van der Waals surface area contributed by atoms with Gasteiger partial charge in [0.2, 0.25) is 11.9 Å². The Labute approximate surface area is 232 Å². The van der Waals surface area contributed by atoms with Gasteiger partial charge in [0.15, 0.2) is 11.2 Å². The molecule has 7 N–H and O–H groups in total. The molecule has 17 heteroatoms. The number of H-pyrrole nitrogens is 1. The highest BCUT2D eigenvalue weighted by Gasteiger charge is 2.21. The molecule has 0 aliphatic rings. The molecule has 0 radical (unpaired) electrons. The first kappa shape index (κ1) is 30.3. The lowest BCUT2D eigenvalue weighted by Gasteiger charge is -2.15. The fourth-order valence-electron chi connectivity index (χ4n) is 3.50. The summed E-state index contributed by atoms with van der Waals surface area (Å²) < 4.78 is 5.29. The van der Waals surface area contributed by atoms with Gasteiger partial charge in [0.1, 0.15) is 6.04 Å². The number of carbonyl (C=O) groups is 3. The van der Waals surface area contributed by atoms with E-state index in [4.69, 9.17) is 16.0 Å². The molecule has 1 aromatic carbocycles. The molecular formula is C24H29N11O6. The molecule has 0 aliphatic heterocycles. The molecule has 0 fully saturated rings. The summed E-state index contributed by atoms with van der Waals surface area (Å²) in [5, 5.41) is 21.0. The van der Waals surface area contributed by atoms with Crippen molar-refractivity contribution in [2.24, 2.45) is 5.11 Å². The fourth-order valence-corrected chi connectivity index (χ4v) is 3.50. The number of nitrogens with one attached hydrogen (secondary N) is 4. The van der Waals surface area contributed by atoms with Crippen molar-refractivity contribution in [1.82, 2.24) is 30.6 Å². The van der Waals surface area contributed by atoms with E-state index in [1.54, 1.807) is 12.1 Å². The zero-order valence-electron chi connectivity index (χ0n) is 21.9. The molecule has 2 amide bonds. The maximum atomic E-state index is 12.6. The summed E-state index contributed by atoms with van der Waals surface area (Å²) in [4.78, 5) is 65.5. The van der Waals surface area contributed by atoms with E-state index < -0.39 is 23.5 Å². The molecule has 216 valence electrons. The van der Waals surface area contributed by atoms with Crippen molar-refractivity contribution < 1.29 is 24.2 Å². The quantitative estimate of drug-likeness (QED) is 0.0607. The number of carboxylic acids is 1. The van der Waals surface area contributed by atoms with Crippen molar-refractivity contribution in [3.05, 3.63) is 62.5 Å². The predicted octanol–water partition coefficient (Wildman–Crippen LogP) is 0.704. The normalized spacial score (nSPS) is 11.3. The van der Waals surface area contributed by atoms with Gasteiger partial charge in [-0.15, -0.1) is 0 Å². The first-order valence-electron chi connectivity index (χ1n) is 12.5. The average Bonchev–Trinajstić information content (AvgIpc) is 2.95. The molecule has 0 bridgehead atoms. The maximum Gasteiger partial charge on any atom is 0.326 e. The molecule has 41 heavy (non-hydrogen) atoms. The Balaban J connectivity index is 1.43. The lowest BCUT2D eigenvalue weighted by Crippen LogP contribution is -2.41. The number of amides is 2. The van der Waals surface area contributed by atoms with E-state index in [0.29, 0.717) is 31.0 Å². The van der Waals surface area contributed by atoms with Crippen LogP contribution < -0.4 is 27.2 Å². The molecule has 0 saturated heterocycles. The van der Waals surface area contributed by atoms with Gasteiger partial charge < -0.3 is 31.5 Å². The molecule has 2 aromatic heterocycles. The van der Waals surface area contributed by atoms with Gasteiger partial charge in [-0.3, -0.25) is 19.4 Å². The Kier molecular flexibility index (Phi) is 11.3. The lowest BCUT2D eigenvalue weighted by atomic mass is 10.1. The third-order valence-electron chi connectivity index (χ3n) is 5.55. The first-order chi connectivity index (χ1) is 19.8. The standard InChI is InChI=1S/C24H29N11O6/c25-24-33-20-19(22(38)34-24)31-16(13-29-20)12-28-15-4-2-14(3-5-15)21(37)32-17(23(39)40)6-7-18(36)27-9-11-41-10-1-8-30-35-26/h2-5,13,17,28H,1,6-12H2,(H,27,36)(H,32,37)(H,39,40)(H3,25,29,33,34,38)/t17-/m0/s1. The minimum Gasteiger partial charge on any atom is -0.480 e. The van der Waals surface area contributed by atoms with Gasteiger partial charge in [-0.05, 0) is 42.6 Å². The molecule has 3 rings (SSSR count). The van der Waals surface area contributed by atoms with Crippen molar-refractivity contribution in [2.45, 2.75) is 31.8 Å². The third-order valence-corrected chi connectivity index (χ3v) is 5.55. The second-order valence-electron chi connectivity index (χ2n) is 8.59. The van der Waals surface area contributed by atoms with Gasteiger partial charge in [0.25, 0.3) is 11.5 Å². The number of fused-ring (bicyclic) bond motifs is 1. The van der Waals surface area contributed by atoms with E-state index in [1.807, 2.05) is 0 Å². The van der Waals surface area contributed by atoms with Crippen molar-refractivity contribution in [3.8, 4) is 0 Å². The monoisotopic (exact) mass is 567 g/mol. The van der Waals surface area contributed by atoms with Crippen molar-refractivity contribution in [1.29, 1.82) is 0 Å². The summed E-state index contributed by atoms with van der Waals surface area (Å²) in [5.74, 6) is -2.30. The summed E-state index contributed by atoms with van der Waals surface area (Å²) in [6.07, 6.45) is 1.82. The number of carbonyl (C=O) groups excluding carboxylic acids is 2. The van der Waals surface area contributed by atoms with E-state index in [2.05, 4.69) is 45.9 Å². The van der Waals surface area contributed by atoms with Gasteiger partial charge in [-0.25, -0.2) is 14.8 Å². The van der Waals surface area contributed by atoms with E-state index in [9.17, 15) is 24.3 Å². The Hall–Kier alpha value is -5.28. The first-order valence-corrected chi connectivity index (χ1v) is 12.5. The second kappa shape index (κ2) is 15.3. The number of aromatic amines is 1. The molecule has 17 nitrogen and oxygen atoms in total. The molecule has 0 aliphatic carbocycles. The van der Waals surface area contributed by atoms with Crippen LogP contribution in [0, 0.1) is 0 Å². The number of hydrogen-bond donors (Lipinski definition) is 6. The van der Waals surface area contributed by atoms with Crippen LogP contribution in [0.1, 0.15) is 35.3 Å². The number of anilines is 2. The third kappa shape index (κ3) is 9.76. The van der Waals surface area contributed by atoms with Crippen LogP contribution in [-0.2, 0) is 20.9 Å². The van der Waals surface area contributed by atoms with E-state index in [0.717, 1.165) is 0 Å². The van der Waals surface area contributed by atoms with E-state index in [-0.39, 0.29) is 61.1 Å². The fraction of sp³-hybridized carbons (Fsp3) is 0.375. The van der Waals surface area contributed by atoms with Crippen LogP contribution in [0.2, 0.25) is 0 Å². The van der Waals surface area contributed by atoms with Crippen LogP contribution in [0.25, 0.3) is 21.6 Å². The lowest BCUT2D eigenvalue weighted by molar-refractivity contribution is -0.139. The Bertz CT molecular complexity index is 1470. The Morgan fingerprint density at radius 2 is 1.98 bits per heavy atom. The van der Waals surface area contributed by atoms with Gasteiger partial charge >= 0.3 is 5.97 Å². The largest absolute Gasteiger partial charge is 0.480 e. The van der Waals surface area contributed by atoms with Crippen LogP contribution in [-0.4, -0.2) is 75.2 Å².